The van der Waals surface area contributed by atoms with Gasteiger partial charge in [-0.3, -0.25) is 4.79 Å². The van der Waals surface area contributed by atoms with Gasteiger partial charge in [-0.25, -0.2) is 0 Å². The maximum atomic E-state index is 9.06. The third-order valence-corrected chi connectivity index (χ3v) is 2.13. The molecule has 0 bridgehead atoms. The van der Waals surface area contributed by atoms with Crippen molar-refractivity contribution in [1.82, 2.24) is 4.90 Å². The monoisotopic (exact) mass is 185 g/mol. The summed E-state index contributed by atoms with van der Waals surface area (Å²) in [5, 5.41) is 0. The van der Waals surface area contributed by atoms with E-state index in [1.54, 1.807) is 7.11 Å². The lowest BCUT2D eigenvalue weighted by Crippen LogP contribution is -2.28. The normalized spacial score (nSPS) is 21.8. The SMILES string of the molecule is C=CC=O.COCC1CCCN1C. The van der Waals surface area contributed by atoms with Crippen LogP contribution in [0.15, 0.2) is 12.7 Å². The Hall–Kier alpha value is -0.670. The van der Waals surface area contributed by atoms with Gasteiger partial charge < -0.3 is 9.64 Å². The molecule has 0 aromatic carbocycles. The Morgan fingerprint density at radius 1 is 1.69 bits per heavy atom. The highest BCUT2D eigenvalue weighted by Crippen LogP contribution is 2.13. The van der Waals surface area contributed by atoms with Crippen molar-refractivity contribution >= 4 is 6.29 Å². The average molecular weight is 185 g/mol. The van der Waals surface area contributed by atoms with Crippen LogP contribution in [0.2, 0.25) is 0 Å². The molecule has 0 spiro atoms. The number of allylic oxidation sites excluding steroid dienone is 1. The lowest BCUT2D eigenvalue weighted by Gasteiger charge is -2.17. The molecule has 1 unspecified atom stereocenters. The topological polar surface area (TPSA) is 29.5 Å². The van der Waals surface area contributed by atoms with Crippen molar-refractivity contribution in [1.29, 1.82) is 0 Å². The number of hydrogen-bond donors (Lipinski definition) is 0. The predicted molar refractivity (Wildman–Crippen MR) is 53.8 cm³/mol. The van der Waals surface area contributed by atoms with Gasteiger partial charge in [-0.05, 0) is 32.5 Å². The fourth-order valence-corrected chi connectivity index (χ4v) is 1.38. The first-order valence-electron chi connectivity index (χ1n) is 4.51. The number of aldehydes is 1. The first-order chi connectivity index (χ1) is 6.26. The van der Waals surface area contributed by atoms with Gasteiger partial charge in [0.05, 0.1) is 6.61 Å². The molecule has 1 aliphatic heterocycles. The second-order valence-electron chi connectivity index (χ2n) is 3.10. The number of methoxy groups -OCH3 is 1. The Morgan fingerprint density at radius 2 is 2.31 bits per heavy atom. The summed E-state index contributed by atoms with van der Waals surface area (Å²) in [6.07, 6.45) is 4.48. The second kappa shape index (κ2) is 7.95. The van der Waals surface area contributed by atoms with E-state index < -0.39 is 0 Å². The fourth-order valence-electron chi connectivity index (χ4n) is 1.38. The van der Waals surface area contributed by atoms with Crippen molar-refractivity contribution in [2.45, 2.75) is 18.9 Å². The van der Waals surface area contributed by atoms with Crippen LogP contribution in [0.4, 0.5) is 0 Å². The van der Waals surface area contributed by atoms with Crippen LogP contribution in [-0.2, 0) is 9.53 Å². The van der Waals surface area contributed by atoms with Crippen molar-refractivity contribution < 1.29 is 9.53 Å². The van der Waals surface area contributed by atoms with E-state index in [0.717, 1.165) is 6.61 Å². The van der Waals surface area contributed by atoms with Crippen LogP contribution in [0, 0.1) is 0 Å². The number of nitrogens with zero attached hydrogens (tertiary/aromatic N) is 1. The molecule has 0 radical (unpaired) electrons. The highest BCUT2D eigenvalue weighted by atomic mass is 16.5. The van der Waals surface area contributed by atoms with Crippen molar-refractivity contribution in [3.8, 4) is 0 Å². The minimum Gasteiger partial charge on any atom is -0.383 e. The van der Waals surface area contributed by atoms with Crippen LogP contribution in [0.3, 0.4) is 0 Å². The molecule has 1 atom stereocenters. The van der Waals surface area contributed by atoms with Crippen molar-refractivity contribution in [2.24, 2.45) is 0 Å². The molecule has 3 heteroatoms. The van der Waals surface area contributed by atoms with Gasteiger partial charge in [0.1, 0.15) is 6.29 Å². The number of carbonyl (C=O) groups is 1. The fraction of sp³-hybridized carbons (Fsp3) is 0.700. The van der Waals surface area contributed by atoms with Gasteiger partial charge in [0.25, 0.3) is 0 Å². The van der Waals surface area contributed by atoms with Gasteiger partial charge in [0, 0.05) is 13.2 Å². The van der Waals surface area contributed by atoms with Gasteiger partial charge in [-0.2, -0.15) is 0 Å². The molecular formula is C10H19NO2. The van der Waals surface area contributed by atoms with Gasteiger partial charge >= 0.3 is 0 Å². The summed E-state index contributed by atoms with van der Waals surface area (Å²) in [4.78, 5) is 11.4. The Labute approximate surface area is 80.4 Å². The van der Waals surface area contributed by atoms with E-state index in [1.165, 1.54) is 25.5 Å². The second-order valence-corrected chi connectivity index (χ2v) is 3.10. The van der Waals surface area contributed by atoms with Crippen LogP contribution in [0.1, 0.15) is 12.8 Å². The van der Waals surface area contributed by atoms with E-state index >= 15 is 0 Å². The molecule has 0 aliphatic carbocycles. The van der Waals surface area contributed by atoms with Gasteiger partial charge in [0.15, 0.2) is 0 Å². The Kier molecular flexibility index (Phi) is 7.54. The number of likely N-dealkylation sites (N-methyl/N-ethyl adjacent to an activating group) is 1. The molecule has 1 rings (SSSR count). The molecule has 13 heavy (non-hydrogen) atoms. The Bertz CT molecular complexity index is 142. The van der Waals surface area contributed by atoms with E-state index in [1.807, 2.05) is 0 Å². The highest BCUT2D eigenvalue weighted by molar-refractivity contribution is 5.63. The summed E-state index contributed by atoms with van der Waals surface area (Å²) in [7, 11) is 3.93. The summed E-state index contributed by atoms with van der Waals surface area (Å²) in [5.74, 6) is 0. The molecule has 1 heterocycles. The molecule has 1 saturated heterocycles. The average Bonchev–Trinajstić information content (AvgIpc) is 2.53. The third-order valence-electron chi connectivity index (χ3n) is 2.13. The standard InChI is InChI=1S/C7H15NO.C3H4O/c1-8-5-3-4-7(8)6-9-2;1-2-3-4/h7H,3-6H2,1-2H3;2-3H,1H2. The number of hydrogen-bond acceptors (Lipinski definition) is 3. The maximum Gasteiger partial charge on any atom is 0.142 e. The first-order valence-corrected chi connectivity index (χ1v) is 4.51. The molecule has 1 aliphatic rings. The number of ether oxygens (including phenoxy) is 1. The minimum atomic E-state index is 0.639. The molecule has 76 valence electrons. The summed E-state index contributed by atoms with van der Waals surface area (Å²) in [6, 6.07) is 0.690. The van der Waals surface area contributed by atoms with Crippen LogP contribution in [-0.4, -0.2) is 44.5 Å². The molecule has 0 saturated carbocycles. The van der Waals surface area contributed by atoms with Crippen molar-refractivity contribution in [3.63, 3.8) is 0 Å². The van der Waals surface area contributed by atoms with Crippen LogP contribution in [0.25, 0.3) is 0 Å². The van der Waals surface area contributed by atoms with E-state index in [-0.39, 0.29) is 0 Å². The molecule has 0 aromatic heterocycles. The Balaban J connectivity index is 0.000000310. The molecule has 0 amide bonds. The molecule has 0 aromatic rings. The van der Waals surface area contributed by atoms with Gasteiger partial charge in [-0.15, -0.1) is 0 Å². The predicted octanol–water partition coefficient (Wildman–Crippen LogP) is 1.10. The zero-order valence-electron chi connectivity index (χ0n) is 8.53. The van der Waals surface area contributed by atoms with E-state index in [0.29, 0.717) is 12.3 Å². The van der Waals surface area contributed by atoms with Crippen LogP contribution in [0.5, 0.6) is 0 Å². The quantitative estimate of drug-likeness (QED) is 0.487. The molecule has 3 nitrogen and oxygen atoms in total. The molecule has 0 N–H and O–H groups in total. The summed E-state index contributed by atoms with van der Waals surface area (Å²) < 4.78 is 5.05. The largest absolute Gasteiger partial charge is 0.383 e. The van der Waals surface area contributed by atoms with Crippen LogP contribution >= 0.6 is 0 Å². The number of likely N-dealkylation sites (tertiary alicyclic amines) is 1. The Morgan fingerprint density at radius 3 is 2.62 bits per heavy atom. The molecule has 1 fully saturated rings. The van der Waals surface area contributed by atoms with Crippen molar-refractivity contribution in [3.05, 3.63) is 12.7 Å². The summed E-state index contributed by atoms with van der Waals surface area (Å²) in [6.45, 7) is 5.25. The summed E-state index contributed by atoms with van der Waals surface area (Å²) >= 11 is 0. The van der Waals surface area contributed by atoms with E-state index in [4.69, 9.17) is 9.53 Å². The number of carbonyl (C=O) groups excluding carboxylic acids is 1. The van der Waals surface area contributed by atoms with Crippen molar-refractivity contribution in [2.75, 3.05) is 27.3 Å². The first kappa shape index (κ1) is 12.3. The minimum absolute atomic E-state index is 0.639. The van der Waals surface area contributed by atoms with Gasteiger partial charge in [-0.1, -0.05) is 6.58 Å². The van der Waals surface area contributed by atoms with Gasteiger partial charge in [0.2, 0.25) is 0 Å². The lowest BCUT2D eigenvalue weighted by molar-refractivity contribution is -0.104. The third kappa shape index (κ3) is 5.55. The zero-order chi connectivity index (χ0) is 10.1. The van der Waals surface area contributed by atoms with E-state index in [2.05, 4.69) is 18.5 Å². The number of rotatable bonds is 3. The lowest BCUT2D eigenvalue weighted by atomic mass is 10.2. The summed E-state index contributed by atoms with van der Waals surface area (Å²) in [5.41, 5.74) is 0. The maximum absolute atomic E-state index is 9.06. The highest BCUT2D eigenvalue weighted by Gasteiger charge is 2.19. The molecular weight excluding hydrogens is 166 g/mol. The smallest absolute Gasteiger partial charge is 0.142 e. The zero-order valence-corrected chi connectivity index (χ0v) is 8.53. The van der Waals surface area contributed by atoms with E-state index in [9.17, 15) is 0 Å². The van der Waals surface area contributed by atoms with Crippen LogP contribution < -0.4 is 0 Å².